The number of hydrogen-bond acceptors (Lipinski definition) is 2. The molecule has 0 aromatic heterocycles. The maximum Gasteiger partial charge on any atom is 0.123 e. The molecule has 2 atom stereocenters. The molecule has 2 N–H and O–H groups in total. The van der Waals surface area contributed by atoms with Crippen LogP contribution in [0.4, 0.5) is 4.39 Å². The summed E-state index contributed by atoms with van der Waals surface area (Å²) in [4.78, 5) is 0. The fourth-order valence-electron chi connectivity index (χ4n) is 2.26. The largest absolute Gasteiger partial charge is 0.396 e. The average Bonchev–Trinajstić information content (AvgIpc) is 2.30. The van der Waals surface area contributed by atoms with E-state index in [0.717, 1.165) is 25.1 Å². The predicted octanol–water partition coefficient (Wildman–Crippen LogP) is 2.15. The van der Waals surface area contributed by atoms with Crippen molar-refractivity contribution in [3.63, 3.8) is 0 Å². The van der Waals surface area contributed by atoms with E-state index in [1.54, 1.807) is 0 Å². The third-order valence-electron chi connectivity index (χ3n) is 3.14. The zero-order valence-corrected chi connectivity index (χ0v) is 8.62. The Bertz CT molecular complexity index is 312. The molecule has 2 rings (SSSR count). The van der Waals surface area contributed by atoms with Crippen molar-refractivity contribution in [3.05, 3.63) is 35.6 Å². The lowest BCUT2D eigenvalue weighted by Crippen LogP contribution is -2.37. The Morgan fingerprint density at radius 2 is 2.00 bits per heavy atom. The highest BCUT2D eigenvalue weighted by Crippen LogP contribution is 2.29. The molecular weight excluding hydrogens is 205 g/mol. The van der Waals surface area contributed by atoms with Crippen molar-refractivity contribution in [1.82, 2.24) is 5.32 Å². The van der Waals surface area contributed by atoms with Crippen molar-refractivity contribution >= 4 is 0 Å². The van der Waals surface area contributed by atoms with Gasteiger partial charge in [0.2, 0.25) is 0 Å². The maximum atomic E-state index is 12.8. The lowest BCUT2D eigenvalue weighted by Gasteiger charge is -2.31. The highest BCUT2D eigenvalue weighted by molar-refractivity contribution is 5.22. The van der Waals surface area contributed by atoms with E-state index in [9.17, 15) is 9.50 Å². The van der Waals surface area contributed by atoms with Gasteiger partial charge in [0.15, 0.2) is 0 Å². The minimum absolute atomic E-state index is 0. The van der Waals surface area contributed by atoms with Crippen LogP contribution in [0, 0.1) is 11.7 Å². The molecule has 1 aliphatic heterocycles. The average molecular weight is 225 g/mol. The van der Waals surface area contributed by atoms with Crippen molar-refractivity contribution in [3.8, 4) is 0 Å². The predicted molar refractivity (Wildman–Crippen MR) is 63.9 cm³/mol. The van der Waals surface area contributed by atoms with Crippen LogP contribution in [-0.2, 0) is 0 Å². The van der Waals surface area contributed by atoms with Crippen molar-refractivity contribution < 1.29 is 9.50 Å². The number of benzene rings is 1. The normalized spacial score (nSPS) is 24.9. The Morgan fingerprint density at radius 1 is 1.31 bits per heavy atom. The molecule has 1 aromatic rings. The molecule has 0 bridgehead atoms. The smallest absolute Gasteiger partial charge is 0.123 e. The molecular formula is C13H20FNO. The summed E-state index contributed by atoms with van der Waals surface area (Å²) in [6.45, 7) is 2.01. The minimum Gasteiger partial charge on any atom is -0.396 e. The monoisotopic (exact) mass is 225 g/mol. The van der Waals surface area contributed by atoms with Crippen LogP contribution in [0.2, 0.25) is 0 Å². The molecule has 3 heteroatoms. The third-order valence-corrected chi connectivity index (χ3v) is 3.14. The highest BCUT2D eigenvalue weighted by Gasteiger charge is 2.25. The maximum absolute atomic E-state index is 12.8. The summed E-state index contributed by atoms with van der Waals surface area (Å²) >= 11 is 0. The van der Waals surface area contributed by atoms with Crippen LogP contribution >= 0.6 is 0 Å². The van der Waals surface area contributed by atoms with Gasteiger partial charge in [0.25, 0.3) is 0 Å². The number of halogens is 1. The van der Waals surface area contributed by atoms with Crippen LogP contribution in [0.15, 0.2) is 24.3 Å². The van der Waals surface area contributed by atoms with Gasteiger partial charge in [0, 0.05) is 19.1 Å². The topological polar surface area (TPSA) is 32.3 Å². The second-order valence-electron chi connectivity index (χ2n) is 4.09. The molecule has 2 unspecified atom stereocenters. The van der Waals surface area contributed by atoms with Crippen LogP contribution < -0.4 is 5.32 Å². The van der Waals surface area contributed by atoms with Crippen LogP contribution in [0.3, 0.4) is 0 Å². The second kappa shape index (κ2) is 5.97. The SMILES string of the molecule is C.OCC1CNCCC1c1ccc(F)cc1. The summed E-state index contributed by atoms with van der Waals surface area (Å²) in [5.74, 6) is 0.411. The molecule has 0 radical (unpaired) electrons. The van der Waals surface area contributed by atoms with Gasteiger partial charge in [-0.25, -0.2) is 4.39 Å². The van der Waals surface area contributed by atoms with Gasteiger partial charge >= 0.3 is 0 Å². The Labute approximate surface area is 96.5 Å². The van der Waals surface area contributed by atoms with Gasteiger partial charge < -0.3 is 10.4 Å². The molecule has 1 aromatic carbocycles. The molecule has 16 heavy (non-hydrogen) atoms. The van der Waals surface area contributed by atoms with E-state index in [1.807, 2.05) is 12.1 Å². The molecule has 2 nitrogen and oxygen atoms in total. The molecule has 0 amide bonds. The van der Waals surface area contributed by atoms with Crippen molar-refractivity contribution in [2.24, 2.45) is 5.92 Å². The van der Waals surface area contributed by atoms with Gasteiger partial charge in [0.1, 0.15) is 5.82 Å². The van der Waals surface area contributed by atoms with Crippen molar-refractivity contribution in [2.75, 3.05) is 19.7 Å². The number of piperidine rings is 1. The van der Waals surface area contributed by atoms with E-state index in [2.05, 4.69) is 5.32 Å². The Morgan fingerprint density at radius 3 is 2.62 bits per heavy atom. The van der Waals surface area contributed by atoms with Gasteiger partial charge in [-0.15, -0.1) is 0 Å². The van der Waals surface area contributed by atoms with Gasteiger partial charge in [-0.1, -0.05) is 19.6 Å². The first-order chi connectivity index (χ1) is 7.31. The van der Waals surface area contributed by atoms with Gasteiger partial charge in [0.05, 0.1) is 0 Å². The molecule has 1 aliphatic rings. The van der Waals surface area contributed by atoms with E-state index in [0.29, 0.717) is 5.92 Å². The van der Waals surface area contributed by atoms with Crippen molar-refractivity contribution in [2.45, 2.75) is 19.8 Å². The summed E-state index contributed by atoms with van der Waals surface area (Å²) in [6.07, 6.45) is 1.01. The number of aliphatic hydroxyl groups is 1. The van der Waals surface area contributed by atoms with E-state index in [4.69, 9.17) is 0 Å². The quantitative estimate of drug-likeness (QED) is 0.808. The summed E-state index contributed by atoms with van der Waals surface area (Å²) in [6, 6.07) is 6.64. The van der Waals surface area contributed by atoms with Crippen LogP contribution in [0.25, 0.3) is 0 Å². The zero-order valence-electron chi connectivity index (χ0n) is 8.62. The van der Waals surface area contributed by atoms with Gasteiger partial charge in [-0.2, -0.15) is 0 Å². The number of hydrogen-bond donors (Lipinski definition) is 2. The Balaban J connectivity index is 0.00000128. The summed E-state index contributed by atoms with van der Waals surface area (Å²) in [5, 5.41) is 12.5. The standard InChI is InChI=1S/C12H16FNO.CH4/c13-11-3-1-9(2-4-11)12-5-6-14-7-10(12)8-15;/h1-4,10,12,14-15H,5-8H2;1H4. The van der Waals surface area contributed by atoms with E-state index in [-0.39, 0.29) is 25.8 Å². The first kappa shape index (κ1) is 13.1. The molecule has 1 heterocycles. The second-order valence-corrected chi connectivity index (χ2v) is 4.09. The lowest BCUT2D eigenvalue weighted by atomic mass is 9.82. The Kier molecular flexibility index (Phi) is 4.90. The Hall–Kier alpha value is -0.930. The summed E-state index contributed by atoms with van der Waals surface area (Å²) < 4.78 is 12.8. The number of rotatable bonds is 2. The molecule has 0 spiro atoms. The van der Waals surface area contributed by atoms with Gasteiger partial charge in [-0.3, -0.25) is 0 Å². The number of aliphatic hydroxyl groups excluding tert-OH is 1. The molecule has 90 valence electrons. The fourth-order valence-corrected chi connectivity index (χ4v) is 2.26. The molecule has 1 fully saturated rings. The first-order valence-electron chi connectivity index (χ1n) is 5.38. The van der Waals surface area contributed by atoms with Crippen molar-refractivity contribution in [1.29, 1.82) is 0 Å². The molecule has 0 aliphatic carbocycles. The van der Waals surface area contributed by atoms with Crippen LogP contribution in [0.5, 0.6) is 0 Å². The molecule has 1 saturated heterocycles. The number of nitrogens with one attached hydrogen (secondary N) is 1. The third kappa shape index (κ3) is 2.80. The molecule has 0 saturated carbocycles. The van der Waals surface area contributed by atoms with E-state index in [1.165, 1.54) is 12.1 Å². The van der Waals surface area contributed by atoms with Crippen LogP contribution in [-0.4, -0.2) is 24.8 Å². The summed E-state index contributed by atoms with van der Waals surface area (Å²) in [5.41, 5.74) is 1.14. The first-order valence-corrected chi connectivity index (χ1v) is 5.38. The van der Waals surface area contributed by atoms with Gasteiger partial charge in [-0.05, 0) is 36.6 Å². The highest BCUT2D eigenvalue weighted by atomic mass is 19.1. The van der Waals surface area contributed by atoms with E-state index < -0.39 is 0 Å². The van der Waals surface area contributed by atoms with E-state index >= 15 is 0 Å². The van der Waals surface area contributed by atoms with Crippen LogP contribution in [0.1, 0.15) is 25.3 Å². The minimum atomic E-state index is -0.201. The zero-order chi connectivity index (χ0) is 10.7. The fraction of sp³-hybridized carbons (Fsp3) is 0.538. The summed E-state index contributed by atoms with van der Waals surface area (Å²) in [7, 11) is 0. The lowest BCUT2D eigenvalue weighted by molar-refractivity contribution is 0.179.